The van der Waals surface area contributed by atoms with Gasteiger partial charge in [0.1, 0.15) is 0 Å². The van der Waals surface area contributed by atoms with E-state index in [1.807, 2.05) is 6.92 Å². The number of hydrogen-bond donors (Lipinski definition) is 0. The highest BCUT2D eigenvalue weighted by Gasteiger charge is 2.37. The lowest BCUT2D eigenvalue weighted by molar-refractivity contribution is -0.133. The van der Waals surface area contributed by atoms with E-state index in [4.69, 9.17) is 4.74 Å². The van der Waals surface area contributed by atoms with Crippen LogP contribution < -0.4 is 0 Å². The summed E-state index contributed by atoms with van der Waals surface area (Å²) in [7, 11) is 1.69. The van der Waals surface area contributed by atoms with Crippen LogP contribution in [0.5, 0.6) is 0 Å². The zero-order valence-electron chi connectivity index (χ0n) is 10.3. The Balaban J connectivity index is 1.89. The van der Waals surface area contributed by atoms with Crippen LogP contribution in [0, 0.1) is 5.92 Å². The van der Waals surface area contributed by atoms with Gasteiger partial charge in [-0.25, -0.2) is 0 Å². The lowest BCUT2D eigenvalue weighted by atomic mass is 9.93. The molecule has 0 aliphatic carbocycles. The van der Waals surface area contributed by atoms with Crippen molar-refractivity contribution in [2.24, 2.45) is 5.92 Å². The molecule has 0 radical (unpaired) electrons. The van der Waals surface area contributed by atoms with Gasteiger partial charge in [-0.2, -0.15) is 0 Å². The van der Waals surface area contributed by atoms with Gasteiger partial charge in [0.05, 0.1) is 6.04 Å². The van der Waals surface area contributed by atoms with Crippen molar-refractivity contribution in [3.05, 3.63) is 0 Å². The number of hydrogen-bond acceptors (Lipinski definition) is 4. The number of ketones is 1. The van der Waals surface area contributed by atoms with Crippen LogP contribution in [0.25, 0.3) is 0 Å². The molecule has 3 fully saturated rings. The third-order valence-electron chi connectivity index (χ3n) is 3.85. The van der Waals surface area contributed by atoms with E-state index in [9.17, 15) is 4.79 Å². The predicted molar refractivity (Wildman–Crippen MR) is 62.5 cm³/mol. The quantitative estimate of drug-likeness (QED) is 0.672. The molecule has 3 heterocycles. The highest BCUT2D eigenvalue weighted by atomic mass is 16.5. The maximum absolute atomic E-state index is 12.3. The van der Waals surface area contributed by atoms with Crippen molar-refractivity contribution in [2.45, 2.75) is 19.4 Å². The Labute approximate surface area is 97.5 Å². The molecule has 2 bridgehead atoms. The summed E-state index contributed by atoms with van der Waals surface area (Å²) in [6.45, 7) is 8.05. The Morgan fingerprint density at radius 2 is 2.06 bits per heavy atom. The second-order valence-corrected chi connectivity index (χ2v) is 4.94. The molecule has 0 saturated carbocycles. The van der Waals surface area contributed by atoms with Gasteiger partial charge in [0, 0.05) is 52.4 Å². The number of ether oxygens (including phenoxy) is 1. The molecule has 0 aromatic carbocycles. The number of methoxy groups -OCH3 is 1. The lowest BCUT2D eigenvalue weighted by Gasteiger charge is -2.47. The summed E-state index contributed by atoms with van der Waals surface area (Å²) in [6, 6.07) is 0.148. The molecule has 2 unspecified atom stereocenters. The van der Waals surface area contributed by atoms with E-state index >= 15 is 0 Å². The average Bonchev–Trinajstić information content (AvgIpc) is 2.36. The van der Waals surface area contributed by atoms with Crippen molar-refractivity contribution in [1.82, 2.24) is 9.80 Å². The minimum atomic E-state index is 0.130. The third-order valence-corrected chi connectivity index (χ3v) is 3.85. The van der Waals surface area contributed by atoms with Crippen molar-refractivity contribution in [3.8, 4) is 0 Å². The molecule has 0 amide bonds. The summed E-state index contributed by atoms with van der Waals surface area (Å²) in [5, 5.41) is 0. The van der Waals surface area contributed by atoms with Crippen LogP contribution in [0.4, 0.5) is 0 Å². The molecular weight excluding hydrogens is 204 g/mol. The minimum absolute atomic E-state index is 0.130. The van der Waals surface area contributed by atoms with Gasteiger partial charge in [0.25, 0.3) is 0 Å². The molecule has 3 rings (SSSR count). The van der Waals surface area contributed by atoms with E-state index in [0.29, 0.717) is 12.4 Å². The predicted octanol–water partition coefficient (Wildman–Crippen LogP) is 0.228. The van der Waals surface area contributed by atoms with E-state index in [2.05, 4.69) is 9.80 Å². The van der Waals surface area contributed by atoms with E-state index in [-0.39, 0.29) is 12.0 Å². The van der Waals surface area contributed by atoms with Crippen molar-refractivity contribution in [2.75, 3.05) is 46.4 Å². The smallest absolute Gasteiger partial charge is 0.154 e. The topological polar surface area (TPSA) is 32.8 Å². The fourth-order valence-electron chi connectivity index (χ4n) is 2.65. The fourth-order valence-corrected chi connectivity index (χ4v) is 2.65. The van der Waals surface area contributed by atoms with Crippen LogP contribution in [0.15, 0.2) is 0 Å². The monoisotopic (exact) mass is 226 g/mol. The Morgan fingerprint density at radius 3 is 2.56 bits per heavy atom. The van der Waals surface area contributed by atoms with Crippen LogP contribution in [-0.2, 0) is 9.53 Å². The van der Waals surface area contributed by atoms with Gasteiger partial charge in [-0.3, -0.25) is 14.6 Å². The van der Waals surface area contributed by atoms with Gasteiger partial charge in [-0.05, 0) is 6.42 Å². The van der Waals surface area contributed by atoms with Crippen molar-refractivity contribution in [3.63, 3.8) is 0 Å². The zero-order valence-corrected chi connectivity index (χ0v) is 10.3. The summed E-state index contributed by atoms with van der Waals surface area (Å²) in [4.78, 5) is 17.0. The van der Waals surface area contributed by atoms with E-state index in [0.717, 1.165) is 39.1 Å². The molecule has 4 nitrogen and oxygen atoms in total. The molecule has 3 aliphatic heterocycles. The second kappa shape index (κ2) is 5.25. The van der Waals surface area contributed by atoms with Gasteiger partial charge < -0.3 is 4.74 Å². The third kappa shape index (κ3) is 2.44. The first-order chi connectivity index (χ1) is 7.72. The average molecular weight is 226 g/mol. The molecule has 4 heteroatoms. The highest BCUT2D eigenvalue weighted by molar-refractivity contribution is 5.86. The summed E-state index contributed by atoms with van der Waals surface area (Å²) >= 11 is 0. The molecule has 92 valence electrons. The van der Waals surface area contributed by atoms with Crippen LogP contribution in [0.3, 0.4) is 0 Å². The number of nitrogens with zero attached hydrogens (tertiary/aromatic N) is 2. The number of rotatable bonds is 5. The summed E-state index contributed by atoms with van der Waals surface area (Å²) in [5.74, 6) is 0.534. The zero-order chi connectivity index (χ0) is 11.5. The molecule has 0 spiro atoms. The number of fused-ring (bicyclic) bond motifs is 3. The number of piperazine rings is 3. The molecule has 0 N–H and O–H groups in total. The maximum Gasteiger partial charge on any atom is 0.154 e. The Bertz CT molecular complexity index is 249. The summed E-state index contributed by atoms with van der Waals surface area (Å²) in [6.07, 6.45) is 0.847. The molecule has 0 aromatic rings. The molecular formula is C12H22N2O2. The maximum atomic E-state index is 12.3. The Morgan fingerprint density at radius 1 is 1.38 bits per heavy atom. The minimum Gasteiger partial charge on any atom is -0.385 e. The fraction of sp³-hybridized carbons (Fsp3) is 0.917. The second-order valence-electron chi connectivity index (χ2n) is 4.94. The molecule has 16 heavy (non-hydrogen) atoms. The normalized spacial score (nSPS) is 35.0. The van der Waals surface area contributed by atoms with Crippen molar-refractivity contribution in [1.29, 1.82) is 0 Å². The van der Waals surface area contributed by atoms with Crippen LogP contribution in [0.1, 0.15) is 13.3 Å². The van der Waals surface area contributed by atoms with E-state index < -0.39 is 0 Å². The van der Waals surface area contributed by atoms with Crippen LogP contribution in [-0.4, -0.2) is 68.1 Å². The van der Waals surface area contributed by atoms with Crippen molar-refractivity contribution < 1.29 is 9.53 Å². The van der Waals surface area contributed by atoms with Gasteiger partial charge in [-0.15, -0.1) is 0 Å². The van der Waals surface area contributed by atoms with Gasteiger partial charge >= 0.3 is 0 Å². The van der Waals surface area contributed by atoms with Gasteiger partial charge in [-0.1, -0.05) is 6.92 Å². The Hall–Kier alpha value is -0.450. The van der Waals surface area contributed by atoms with E-state index in [1.165, 1.54) is 0 Å². The lowest BCUT2D eigenvalue weighted by Crippen LogP contribution is -2.64. The highest BCUT2D eigenvalue weighted by Crippen LogP contribution is 2.20. The first-order valence-electron chi connectivity index (χ1n) is 6.21. The molecule has 0 aromatic heterocycles. The van der Waals surface area contributed by atoms with Gasteiger partial charge in [0.2, 0.25) is 0 Å². The van der Waals surface area contributed by atoms with Crippen LogP contribution in [0.2, 0.25) is 0 Å². The van der Waals surface area contributed by atoms with Crippen molar-refractivity contribution >= 4 is 5.78 Å². The van der Waals surface area contributed by atoms with E-state index in [1.54, 1.807) is 7.11 Å². The standard InChI is InChI=1S/C12H22N2O2/c1-10(3-8-16-2)12(15)11-9-13-4-6-14(11)7-5-13/h10-11H,3-9H2,1-2H3. The van der Waals surface area contributed by atoms with Gasteiger partial charge in [0.15, 0.2) is 5.78 Å². The largest absolute Gasteiger partial charge is 0.385 e. The molecule has 2 atom stereocenters. The SMILES string of the molecule is COCCC(C)C(=O)C1CN2CCN1CC2. The first-order valence-corrected chi connectivity index (χ1v) is 6.21. The molecule has 3 aliphatic rings. The Kier molecular flexibility index (Phi) is 3.95. The number of Topliss-reactive ketones (excluding diaryl/α,β-unsaturated/α-hetero) is 1. The summed E-state index contributed by atoms with van der Waals surface area (Å²) in [5.41, 5.74) is 0. The molecule has 3 saturated heterocycles. The number of carbonyl (C=O) groups is 1. The van der Waals surface area contributed by atoms with Crippen LogP contribution >= 0.6 is 0 Å². The first kappa shape index (κ1) is 12.0. The summed E-state index contributed by atoms with van der Waals surface area (Å²) < 4.78 is 5.04. The number of carbonyl (C=O) groups excluding carboxylic acids is 1.